The van der Waals surface area contributed by atoms with Crippen molar-refractivity contribution in [3.8, 4) is 0 Å². The molecule has 1 unspecified atom stereocenters. The summed E-state index contributed by atoms with van der Waals surface area (Å²) in [5.74, 6) is 0. The molecule has 0 saturated carbocycles. The molecule has 0 spiro atoms. The second-order valence-corrected chi connectivity index (χ2v) is 5.77. The number of benzene rings is 2. The van der Waals surface area contributed by atoms with Gasteiger partial charge in [-0.2, -0.15) is 21.6 Å². The molecular formula is C14H11F3O3S. The molecule has 0 amide bonds. The van der Waals surface area contributed by atoms with Crippen LogP contribution >= 0.6 is 0 Å². The van der Waals surface area contributed by atoms with E-state index in [0.29, 0.717) is 0 Å². The molecule has 0 aliphatic heterocycles. The fourth-order valence-electron chi connectivity index (χ4n) is 1.70. The first-order valence-electron chi connectivity index (χ1n) is 5.91. The molecule has 0 saturated heterocycles. The molecule has 2 aromatic carbocycles. The highest BCUT2D eigenvalue weighted by Crippen LogP contribution is 2.38. The van der Waals surface area contributed by atoms with Crippen molar-refractivity contribution in [2.45, 2.75) is 17.2 Å². The molecule has 1 atom stereocenters. The van der Waals surface area contributed by atoms with Crippen LogP contribution in [0.25, 0.3) is 0 Å². The van der Waals surface area contributed by atoms with Gasteiger partial charge in [0.05, 0.1) is 4.90 Å². The third kappa shape index (κ3) is 3.83. The quantitative estimate of drug-likeness (QED) is 0.808. The summed E-state index contributed by atoms with van der Waals surface area (Å²) in [6, 6.07) is 13.3. The average molecular weight is 316 g/mol. The van der Waals surface area contributed by atoms with E-state index in [0.717, 1.165) is 0 Å². The zero-order valence-corrected chi connectivity index (χ0v) is 11.4. The first kappa shape index (κ1) is 15.5. The van der Waals surface area contributed by atoms with E-state index in [2.05, 4.69) is 4.18 Å². The van der Waals surface area contributed by atoms with E-state index in [1.807, 2.05) is 0 Å². The molecule has 0 aliphatic rings. The SMILES string of the molecule is O=S(=O)(OC(c1ccccc1)C(F)(F)F)c1ccccc1. The van der Waals surface area contributed by atoms with E-state index >= 15 is 0 Å². The Morgan fingerprint density at radius 2 is 1.33 bits per heavy atom. The third-order valence-electron chi connectivity index (χ3n) is 2.65. The van der Waals surface area contributed by atoms with Crippen molar-refractivity contribution < 1.29 is 25.8 Å². The van der Waals surface area contributed by atoms with Gasteiger partial charge < -0.3 is 0 Å². The Labute approximate surface area is 120 Å². The predicted molar refractivity (Wildman–Crippen MR) is 70.0 cm³/mol. The number of rotatable bonds is 4. The van der Waals surface area contributed by atoms with E-state index < -0.39 is 22.4 Å². The summed E-state index contributed by atoms with van der Waals surface area (Å²) in [5.41, 5.74) is -0.274. The molecule has 2 aromatic rings. The minimum Gasteiger partial charge on any atom is -0.248 e. The third-order valence-corrected chi connectivity index (χ3v) is 3.95. The lowest BCUT2D eigenvalue weighted by atomic mass is 10.1. The van der Waals surface area contributed by atoms with E-state index in [-0.39, 0.29) is 10.5 Å². The van der Waals surface area contributed by atoms with Crippen LogP contribution in [0.5, 0.6) is 0 Å². The Morgan fingerprint density at radius 3 is 1.81 bits per heavy atom. The van der Waals surface area contributed by atoms with Gasteiger partial charge in [0.25, 0.3) is 10.1 Å². The van der Waals surface area contributed by atoms with Crippen LogP contribution in [0.4, 0.5) is 13.2 Å². The fraction of sp³-hybridized carbons (Fsp3) is 0.143. The van der Waals surface area contributed by atoms with E-state index in [1.165, 1.54) is 54.6 Å². The largest absolute Gasteiger partial charge is 0.420 e. The second-order valence-electron chi connectivity index (χ2n) is 4.20. The molecular weight excluding hydrogens is 305 g/mol. The van der Waals surface area contributed by atoms with Gasteiger partial charge in [-0.05, 0) is 17.7 Å². The molecule has 7 heteroatoms. The van der Waals surface area contributed by atoms with E-state index in [4.69, 9.17) is 0 Å². The smallest absolute Gasteiger partial charge is 0.248 e. The first-order chi connectivity index (χ1) is 9.81. The maximum atomic E-state index is 13.1. The molecule has 0 aromatic heterocycles. The van der Waals surface area contributed by atoms with Crippen molar-refractivity contribution in [3.63, 3.8) is 0 Å². The minimum atomic E-state index is -4.84. The normalized spacial score (nSPS) is 13.9. The summed E-state index contributed by atoms with van der Waals surface area (Å²) in [6.07, 6.45) is -7.38. The van der Waals surface area contributed by atoms with E-state index in [1.54, 1.807) is 6.07 Å². The van der Waals surface area contributed by atoms with Crippen LogP contribution in [-0.2, 0) is 14.3 Å². The number of hydrogen-bond acceptors (Lipinski definition) is 3. The Bertz CT molecular complexity index is 682. The van der Waals surface area contributed by atoms with Crippen LogP contribution in [0.15, 0.2) is 65.6 Å². The van der Waals surface area contributed by atoms with Crippen molar-refractivity contribution >= 4 is 10.1 Å². The van der Waals surface area contributed by atoms with Crippen LogP contribution < -0.4 is 0 Å². The average Bonchev–Trinajstić information content (AvgIpc) is 2.46. The van der Waals surface area contributed by atoms with Gasteiger partial charge in [0, 0.05) is 0 Å². The lowest BCUT2D eigenvalue weighted by molar-refractivity contribution is -0.196. The summed E-state index contributed by atoms with van der Waals surface area (Å²) >= 11 is 0. The summed E-state index contributed by atoms with van der Waals surface area (Å²) in [5, 5.41) is 0. The standard InChI is InChI=1S/C14H11F3O3S/c15-14(16,17)13(11-7-3-1-4-8-11)20-21(18,19)12-9-5-2-6-10-12/h1-10,13H. The van der Waals surface area contributed by atoms with Gasteiger partial charge in [-0.15, -0.1) is 0 Å². The Balaban J connectivity index is 2.37. The lowest BCUT2D eigenvalue weighted by Crippen LogP contribution is -2.26. The van der Waals surface area contributed by atoms with Crippen molar-refractivity contribution in [2.75, 3.05) is 0 Å². The van der Waals surface area contributed by atoms with Crippen LogP contribution in [-0.4, -0.2) is 14.6 Å². The highest BCUT2D eigenvalue weighted by Gasteiger charge is 2.45. The van der Waals surface area contributed by atoms with Crippen molar-refractivity contribution in [2.24, 2.45) is 0 Å². The number of alkyl halides is 3. The zero-order chi connectivity index (χ0) is 15.5. The topological polar surface area (TPSA) is 43.4 Å². The Morgan fingerprint density at radius 1 is 0.857 bits per heavy atom. The van der Waals surface area contributed by atoms with Crippen LogP contribution in [0.3, 0.4) is 0 Å². The summed E-state index contributed by atoms with van der Waals surface area (Å²) in [6.45, 7) is 0. The van der Waals surface area contributed by atoms with Crippen LogP contribution in [0, 0.1) is 0 Å². The van der Waals surface area contributed by atoms with Gasteiger partial charge in [-0.25, -0.2) is 4.18 Å². The summed E-state index contributed by atoms with van der Waals surface area (Å²) < 4.78 is 67.5. The van der Waals surface area contributed by atoms with Gasteiger partial charge in [-0.1, -0.05) is 48.5 Å². The Kier molecular flexibility index (Phi) is 4.34. The van der Waals surface area contributed by atoms with Gasteiger partial charge in [0.15, 0.2) is 6.10 Å². The van der Waals surface area contributed by atoms with Crippen LogP contribution in [0.2, 0.25) is 0 Å². The number of halogens is 3. The number of hydrogen-bond donors (Lipinski definition) is 0. The first-order valence-corrected chi connectivity index (χ1v) is 7.31. The maximum Gasteiger partial charge on any atom is 0.420 e. The second kappa shape index (κ2) is 5.87. The van der Waals surface area contributed by atoms with Crippen molar-refractivity contribution in [1.29, 1.82) is 0 Å². The Hall–Kier alpha value is -1.86. The zero-order valence-electron chi connectivity index (χ0n) is 10.6. The molecule has 0 radical (unpaired) electrons. The highest BCUT2D eigenvalue weighted by atomic mass is 32.2. The molecule has 0 heterocycles. The molecule has 0 aliphatic carbocycles. The summed E-state index contributed by atoms with van der Waals surface area (Å²) in [7, 11) is -4.51. The lowest BCUT2D eigenvalue weighted by Gasteiger charge is -2.20. The van der Waals surface area contributed by atoms with E-state index in [9.17, 15) is 21.6 Å². The molecule has 0 fully saturated rings. The van der Waals surface area contributed by atoms with Crippen molar-refractivity contribution in [1.82, 2.24) is 0 Å². The minimum absolute atomic E-state index is 0.274. The van der Waals surface area contributed by atoms with Gasteiger partial charge >= 0.3 is 6.18 Å². The molecule has 2 rings (SSSR count). The molecule has 0 N–H and O–H groups in total. The fourth-order valence-corrected chi connectivity index (χ4v) is 2.77. The molecule has 0 bridgehead atoms. The molecule has 112 valence electrons. The monoisotopic (exact) mass is 316 g/mol. The summed E-state index contributed by atoms with van der Waals surface area (Å²) in [4.78, 5) is -0.324. The van der Waals surface area contributed by atoms with Gasteiger partial charge in [-0.3, -0.25) is 0 Å². The van der Waals surface area contributed by atoms with Gasteiger partial charge in [0.1, 0.15) is 0 Å². The van der Waals surface area contributed by atoms with Gasteiger partial charge in [0.2, 0.25) is 0 Å². The molecule has 3 nitrogen and oxygen atoms in total. The maximum absolute atomic E-state index is 13.1. The molecule has 21 heavy (non-hydrogen) atoms. The van der Waals surface area contributed by atoms with Crippen molar-refractivity contribution in [3.05, 3.63) is 66.2 Å². The highest BCUT2D eigenvalue weighted by molar-refractivity contribution is 7.86. The van der Waals surface area contributed by atoms with Crippen LogP contribution in [0.1, 0.15) is 11.7 Å². The predicted octanol–water partition coefficient (Wildman–Crippen LogP) is 3.70.